The van der Waals surface area contributed by atoms with Crippen LogP contribution >= 0.6 is 0 Å². The summed E-state index contributed by atoms with van der Waals surface area (Å²) in [7, 11) is 1.60. The van der Waals surface area contributed by atoms with Crippen molar-refractivity contribution in [2.24, 2.45) is 17.8 Å². The molecule has 2 bridgehead atoms. The van der Waals surface area contributed by atoms with Crippen LogP contribution in [0.25, 0.3) is 0 Å². The fraction of sp³-hybridized carbons (Fsp3) is 0.917. The van der Waals surface area contributed by atoms with E-state index in [-0.39, 0.29) is 24.5 Å². The molecule has 0 spiro atoms. The number of aliphatic hydroxyl groups excluding tert-OH is 1. The van der Waals surface area contributed by atoms with Crippen molar-refractivity contribution in [2.45, 2.75) is 31.7 Å². The van der Waals surface area contributed by atoms with Gasteiger partial charge in [-0.2, -0.15) is 0 Å². The predicted octanol–water partition coefficient (Wildman–Crippen LogP) is 0.546. The average Bonchev–Trinajstić information content (AvgIpc) is 2.86. The first-order valence-electron chi connectivity index (χ1n) is 6.15. The number of carbonyl (C=O) groups is 1. The van der Waals surface area contributed by atoms with Gasteiger partial charge in [-0.25, -0.2) is 0 Å². The second-order valence-corrected chi connectivity index (χ2v) is 5.02. The van der Waals surface area contributed by atoms with Crippen molar-refractivity contribution in [3.8, 4) is 0 Å². The largest absolute Gasteiger partial charge is 0.396 e. The van der Waals surface area contributed by atoms with Crippen LogP contribution in [-0.4, -0.2) is 37.4 Å². The average molecular weight is 227 g/mol. The maximum absolute atomic E-state index is 11.6. The van der Waals surface area contributed by atoms with Gasteiger partial charge in [-0.15, -0.1) is 0 Å². The molecule has 4 atom stereocenters. The molecule has 0 aromatic carbocycles. The van der Waals surface area contributed by atoms with E-state index in [1.807, 2.05) is 0 Å². The van der Waals surface area contributed by atoms with Crippen LogP contribution in [0.2, 0.25) is 0 Å². The van der Waals surface area contributed by atoms with Gasteiger partial charge in [-0.3, -0.25) is 4.79 Å². The Morgan fingerprint density at radius 2 is 2.19 bits per heavy atom. The molecule has 2 aliphatic carbocycles. The highest BCUT2D eigenvalue weighted by atomic mass is 16.5. The van der Waals surface area contributed by atoms with Gasteiger partial charge < -0.3 is 15.2 Å². The molecule has 0 heterocycles. The molecule has 1 amide bonds. The number of methoxy groups -OCH3 is 1. The smallest absolute Gasteiger partial charge is 0.222 e. The maximum Gasteiger partial charge on any atom is 0.222 e. The van der Waals surface area contributed by atoms with E-state index >= 15 is 0 Å². The van der Waals surface area contributed by atoms with E-state index in [0.29, 0.717) is 24.9 Å². The molecular weight excluding hydrogens is 206 g/mol. The first-order valence-corrected chi connectivity index (χ1v) is 6.15. The summed E-state index contributed by atoms with van der Waals surface area (Å²) in [6.07, 6.45) is 4.03. The van der Waals surface area contributed by atoms with Crippen LogP contribution < -0.4 is 5.32 Å². The third-order valence-corrected chi connectivity index (χ3v) is 4.16. The summed E-state index contributed by atoms with van der Waals surface area (Å²) in [5.74, 6) is 1.56. The Balaban J connectivity index is 1.86. The number of aliphatic hydroxyl groups is 1. The standard InChI is InChI=1S/C12H21NO3/c1-16-5-4-11(15)13-12-9-3-2-8(6-9)10(12)7-14/h8-10,12,14H,2-7H2,1H3,(H,13,15). The van der Waals surface area contributed by atoms with E-state index in [1.54, 1.807) is 7.11 Å². The summed E-state index contributed by atoms with van der Waals surface area (Å²) in [5, 5.41) is 12.4. The van der Waals surface area contributed by atoms with E-state index < -0.39 is 0 Å². The lowest BCUT2D eigenvalue weighted by Gasteiger charge is -2.30. The number of carbonyl (C=O) groups excluding carboxylic acids is 1. The lowest BCUT2D eigenvalue weighted by Crippen LogP contribution is -2.45. The molecule has 4 nitrogen and oxygen atoms in total. The summed E-state index contributed by atoms with van der Waals surface area (Å²) in [5.41, 5.74) is 0. The molecule has 0 aromatic heterocycles. The van der Waals surface area contributed by atoms with Crippen molar-refractivity contribution in [3.63, 3.8) is 0 Å². The van der Waals surface area contributed by atoms with Crippen molar-refractivity contribution < 1.29 is 14.6 Å². The fourth-order valence-corrected chi connectivity index (χ4v) is 3.35. The molecule has 0 aliphatic heterocycles. The summed E-state index contributed by atoms with van der Waals surface area (Å²) in [6, 6.07) is 0.202. The third kappa shape index (κ3) is 2.23. The van der Waals surface area contributed by atoms with Crippen LogP contribution in [-0.2, 0) is 9.53 Å². The molecule has 4 unspecified atom stereocenters. The molecular formula is C12H21NO3. The van der Waals surface area contributed by atoms with Gasteiger partial charge in [-0.1, -0.05) is 0 Å². The monoisotopic (exact) mass is 227 g/mol. The number of hydrogen-bond donors (Lipinski definition) is 2. The van der Waals surface area contributed by atoms with Crippen molar-refractivity contribution >= 4 is 5.91 Å². The zero-order valence-corrected chi connectivity index (χ0v) is 9.82. The van der Waals surface area contributed by atoms with Gasteiger partial charge >= 0.3 is 0 Å². The molecule has 4 heteroatoms. The zero-order chi connectivity index (χ0) is 11.5. The number of fused-ring (bicyclic) bond motifs is 2. The van der Waals surface area contributed by atoms with Crippen LogP contribution in [0.1, 0.15) is 25.7 Å². The van der Waals surface area contributed by atoms with Crippen molar-refractivity contribution in [1.82, 2.24) is 5.32 Å². The van der Waals surface area contributed by atoms with Crippen molar-refractivity contribution in [3.05, 3.63) is 0 Å². The summed E-state index contributed by atoms with van der Waals surface area (Å²) < 4.78 is 4.88. The number of rotatable bonds is 5. The maximum atomic E-state index is 11.6. The van der Waals surface area contributed by atoms with E-state index in [0.717, 1.165) is 0 Å². The Labute approximate surface area is 96.4 Å². The van der Waals surface area contributed by atoms with Crippen LogP contribution in [0.4, 0.5) is 0 Å². The normalized spacial score (nSPS) is 36.6. The molecule has 2 N–H and O–H groups in total. The van der Waals surface area contributed by atoms with E-state index in [1.165, 1.54) is 19.3 Å². The Bertz CT molecular complexity index is 257. The minimum atomic E-state index is 0.0536. The van der Waals surface area contributed by atoms with Crippen molar-refractivity contribution in [2.75, 3.05) is 20.3 Å². The first kappa shape index (κ1) is 11.9. The lowest BCUT2D eigenvalue weighted by atomic mass is 9.85. The topological polar surface area (TPSA) is 58.6 Å². The Morgan fingerprint density at radius 1 is 1.44 bits per heavy atom. The van der Waals surface area contributed by atoms with Gasteiger partial charge in [0.15, 0.2) is 0 Å². The van der Waals surface area contributed by atoms with E-state index in [9.17, 15) is 9.90 Å². The number of nitrogens with one attached hydrogen (secondary N) is 1. The molecule has 0 aromatic rings. The quantitative estimate of drug-likeness (QED) is 0.721. The second kappa shape index (κ2) is 5.15. The van der Waals surface area contributed by atoms with Gasteiger partial charge in [-0.05, 0) is 31.1 Å². The summed E-state index contributed by atoms with van der Waals surface area (Å²) >= 11 is 0. The first-order chi connectivity index (χ1) is 7.76. The van der Waals surface area contributed by atoms with Crippen LogP contribution in [0.5, 0.6) is 0 Å². The molecule has 16 heavy (non-hydrogen) atoms. The molecule has 92 valence electrons. The van der Waals surface area contributed by atoms with Crippen LogP contribution in [0.15, 0.2) is 0 Å². The SMILES string of the molecule is COCCC(=O)NC1C2CCC(C2)C1CO. The Morgan fingerprint density at radius 3 is 2.88 bits per heavy atom. The molecule has 2 aliphatic rings. The van der Waals surface area contributed by atoms with Gasteiger partial charge in [0.25, 0.3) is 0 Å². The number of ether oxygens (including phenoxy) is 1. The summed E-state index contributed by atoms with van der Waals surface area (Å²) in [6.45, 7) is 0.673. The highest BCUT2D eigenvalue weighted by Crippen LogP contribution is 2.48. The highest BCUT2D eigenvalue weighted by Gasteiger charge is 2.47. The minimum Gasteiger partial charge on any atom is -0.396 e. The Hall–Kier alpha value is -0.610. The Kier molecular flexibility index (Phi) is 3.82. The van der Waals surface area contributed by atoms with Crippen LogP contribution in [0.3, 0.4) is 0 Å². The van der Waals surface area contributed by atoms with Crippen LogP contribution in [0, 0.1) is 17.8 Å². The van der Waals surface area contributed by atoms with E-state index in [2.05, 4.69) is 5.32 Å². The highest BCUT2D eigenvalue weighted by molar-refractivity contribution is 5.76. The fourth-order valence-electron chi connectivity index (χ4n) is 3.35. The third-order valence-electron chi connectivity index (χ3n) is 4.16. The summed E-state index contributed by atoms with van der Waals surface area (Å²) in [4.78, 5) is 11.6. The van der Waals surface area contributed by atoms with E-state index in [4.69, 9.17) is 4.74 Å². The second-order valence-electron chi connectivity index (χ2n) is 5.02. The minimum absolute atomic E-state index is 0.0536. The number of hydrogen-bond acceptors (Lipinski definition) is 3. The van der Waals surface area contributed by atoms with Gasteiger partial charge in [0, 0.05) is 32.1 Å². The van der Waals surface area contributed by atoms with Gasteiger partial charge in [0.1, 0.15) is 0 Å². The molecule has 0 radical (unpaired) electrons. The lowest BCUT2D eigenvalue weighted by molar-refractivity contribution is -0.123. The molecule has 0 saturated heterocycles. The zero-order valence-electron chi connectivity index (χ0n) is 9.82. The van der Waals surface area contributed by atoms with Gasteiger partial charge in [0.2, 0.25) is 5.91 Å². The molecule has 2 fully saturated rings. The number of amides is 1. The predicted molar refractivity (Wildman–Crippen MR) is 59.8 cm³/mol. The van der Waals surface area contributed by atoms with Gasteiger partial charge in [0.05, 0.1) is 6.61 Å². The molecule has 2 saturated carbocycles. The van der Waals surface area contributed by atoms with Crippen molar-refractivity contribution in [1.29, 1.82) is 0 Å². The molecule has 2 rings (SSSR count).